The van der Waals surface area contributed by atoms with E-state index in [2.05, 4.69) is 27.1 Å². The molecule has 62 heavy (non-hydrogen) atoms. The van der Waals surface area contributed by atoms with Gasteiger partial charge in [0.05, 0.1) is 12.4 Å². The van der Waals surface area contributed by atoms with Crippen molar-refractivity contribution in [1.29, 1.82) is 0 Å². The molecule has 0 aliphatic carbocycles. The maximum Gasteiger partial charge on any atom is 0.205 e. The van der Waals surface area contributed by atoms with E-state index < -0.39 is 144 Å². The fourth-order valence-electron chi connectivity index (χ4n) is 6.46. The van der Waals surface area contributed by atoms with Crippen LogP contribution in [-0.4, -0.2) is 11.1 Å². The van der Waals surface area contributed by atoms with Crippen molar-refractivity contribution in [2.24, 2.45) is 5.11 Å². The fraction of sp³-hybridized carbons (Fsp3) is 0.0556. The molecule has 0 radical (unpaired) electrons. The first-order chi connectivity index (χ1) is 29.1. The van der Waals surface area contributed by atoms with Crippen LogP contribution in [0.25, 0.3) is 10.4 Å². The molecule has 6 rings (SSSR count). The first-order valence-corrected chi connectivity index (χ1v) is 16.2. The van der Waals surface area contributed by atoms with Crippen LogP contribution in [0.5, 0.6) is 0 Å². The van der Waals surface area contributed by atoms with Crippen molar-refractivity contribution in [3.05, 3.63) is 187 Å². The molecule has 0 saturated heterocycles. The van der Waals surface area contributed by atoms with Crippen molar-refractivity contribution in [3.63, 3.8) is 0 Å². The van der Waals surface area contributed by atoms with E-state index in [1.54, 1.807) is 12.4 Å². The van der Waals surface area contributed by atoms with Gasteiger partial charge in [0.25, 0.3) is 0 Å². The molecule has 1 aromatic heterocycles. The van der Waals surface area contributed by atoms with Crippen LogP contribution < -0.4 is 26.4 Å². The van der Waals surface area contributed by atoms with E-state index >= 15 is 35.1 Å². The molecule has 1 heterocycles. The van der Waals surface area contributed by atoms with Crippen LogP contribution in [0.3, 0.4) is 0 Å². The zero-order valence-corrected chi connectivity index (χ0v) is 29.4. The summed E-state index contributed by atoms with van der Waals surface area (Å²) in [5, 5.41) is 3.56. The quantitative estimate of drug-likeness (QED) is 0.0223. The highest BCUT2D eigenvalue weighted by atomic mass is 19.2. The van der Waals surface area contributed by atoms with E-state index in [-0.39, 0.29) is 0 Å². The molecule has 0 bridgehead atoms. The number of halogens is 20. The van der Waals surface area contributed by atoms with Crippen LogP contribution in [-0.2, 0) is 13.1 Å². The molecular weight excluding hydrogens is 893 g/mol. The van der Waals surface area contributed by atoms with Crippen LogP contribution in [0.15, 0.2) is 54.0 Å². The molecule has 0 aliphatic heterocycles. The minimum absolute atomic E-state index is 0.317. The number of rotatable bonds is 8. The lowest BCUT2D eigenvalue weighted by Crippen LogP contribution is -2.81. The molecule has 0 atom stereocenters. The summed E-state index contributed by atoms with van der Waals surface area (Å²) in [4.78, 5) is 6.80. The predicted molar refractivity (Wildman–Crippen MR) is 172 cm³/mol. The summed E-state index contributed by atoms with van der Waals surface area (Å²) in [5.41, 5.74) is -3.90. The Morgan fingerprint density at radius 3 is 1.03 bits per heavy atom. The molecule has 0 saturated carbocycles. The highest BCUT2D eigenvalue weighted by molar-refractivity contribution is 7.20. The molecule has 6 aromatic rings. The van der Waals surface area contributed by atoms with Crippen molar-refractivity contribution in [3.8, 4) is 0 Å². The van der Waals surface area contributed by atoms with E-state index in [0.717, 1.165) is 12.2 Å². The van der Waals surface area contributed by atoms with Crippen LogP contribution in [0.4, 0.5) is 87.8 Å². The summed E-state index contributed by atoms with van der Waals surface area (Å²) in [6, 6.07) is 10.1. The van der Waals surface area contributed by atoms with Gasteiger partial charge in [0.15, 0.2) is 82.5 Å². The van der Waals surface area contributed by atoms with Crippen molar-refractivity contribution in [2.75, 3.05) is 0 Å². The molecule has 5 aromatic carbocycles. The molecule has 26 heteroatoms. The maximum atomic E-state index is 15.4. The van der Waals surface area contributed by atoms with Gasteiger partial charge in [-0.2, -0.15) is 4.57 Å². The van der Waals surface area contributed by atoms with Gasteiger partial charge in [-0.05, 0) is 5.53 Å². The second kappa shape index (κ2) is 17.6. The summed E-state index contributed by atoms with van der Waals surface area (Å²) in [6.45, 7) is 1.07. The van der Waals surface area contributed by atoms with Crippen molar-refractivity contribution >= 4 is 28.0 Å². The first-order valence-electron chi connectivity index (χ1n) is 16.2. The molecule has 5 nitrogen and oxygen atoms in total. The Morgan fingerprint density at radius 2 is 0.742 bits per heavy atom. The number of hydrogen-bond donors (Lipinski definition) is 0. The Labute approximate surface area is 330 Å². The van der Waals surface area contributed by atoms with Crippen LogP contribution in [0.2, 0.25) is 0 Å². The Morgan fingerprint density at radius 1 is 0.452 bits per heavy atom. The molecule has 0 amide bonds. The van der Waals surface area contributed by atoms with Gasteiger partial charge in [-0.3, -0.25) is 4.98 Å². The Hall–Kier alpha value is -6.85. The largest absolute Gasteiger partial charge is 0.252 e. The lowest BCUT2D eigenvalue weighted by Gasteiger charge is -2.44. The minimum Gasteiger partial charge on any atom is -0.252 e. The summed E-state index contributed by atoms with van der Waals surface area (Å²) >= 11 is 0. The average Bonchev–Trinajstić information content (AvgIpc) is 3.26. The first kappa shape index (κ1) is 46.2. The van der Waals surface area contributed by atoms with Gasteiger partial charge in [-0.1, -0.05) is 35.4 Å². The number of hydrogen-bond acceptors (Lipinski definition) is 2. The zero-order chi connectivity index (χ0) is 46.3. The second-order valence-corrected chi connectivity index (χ2v) is 12.4. The smallest absolute Gasteiger partial charge is 0.205 e. The van der Waals surface area contributed by atoms with E-state index in [1.165, 1.54) is 5.56 Å². The molecule has 0 spiro atoms. The van der Waals surface area contributed by atoms with Gasteiger partial charge in [0.1, 0.15) is 59.2 Å². The summed E-state index contributed by atoms with van der Waals surface area (Å²) < 4.78 is 296. The average molecular weight is 905 g/mol. The fourth-order valence-corrected chi connectivity index (χ4v) is 6.46. The highest BCUT2D eigenvalue weighted by Gasteiger charge is 2.52. The van der Waals surface area contributed by atoms with Crippen molar-refractivity contribution < 1.29 is 92.4 Å². The Bertz CT molecular complexity index is 2440. The van der Waals surface area contributed by atoms with Gasteiger partial charge in [0, 0.05) is 10.5 Å². The van der Waals surface area contributed by atoms with Crippen molar-refractivity contribution in [2.45, 2.75) is 13.1 Å². The molecule has 0 aliphatic rings. The van der Waals surface area contributed by atoms with E-state index in [4.69, 9.17) is 5.53 Å². The van der Waals surface area contributed by atoms with E-state index in [0.29, 0.717) is 6.54 Å². The standard InChI is InChI=1S/C24BF20.C12H12N5/c26-5-1(6(27)14(35)21(42)13(5)34)25(2-7(28)15(36)22(43)16(37)8(2)29,3-9(30)17(38)23(44)18(39)10(3)31)4-11(32)19(40)24(45)20(41)12(4)33;13-16-15-9-12-8-14-6-7-17(12)10-11-4-2-1-3-5-11/h;1-8H,9-10H2/q-1;+1. The normalized spacial score (nSPS) is 11.4. The summed E-state index contributed by atoms with van der Waals surface area (Å²) in [7, 11) is 0. The van der Waals surface area contributed by atoms with Crippen molar-refractivity contribution in [1.82, 2.24) is 4.98 Å². The molecule has 0 unspecified atom stereocenters. The second-order valence-electron chi connectivity index (χ2n) is 12.4. The monoisotopic (exact) mass is 905 g/mol. The van der Waals surface area contributed by atoms with E-state index in [9.17, 15) is 52.7 Å². The van der Waals surface area contributed by atoms with Crippen LogP contribution in [0.1, 0.15) is 11.3 Å². The van der Waals surface area contributed by atoms with Gasteiger partial charge >= 0.3 is 0 Å². The third-order valence-electron chi connectivity index (χ3n) is 9.12. The lowest BCUT2D eigenvalue weighted by atomic mass is 9.12. The summed E-state index contributed by atoms with van der Waals surface area (Å²) in [5.74, 6) is -71.4. The Kier molecular flexibility index (Phi) is 13.1. The number of benzene rings is 5. The SMILES string of the molecule is Fc1c(F)c(F)c([B-](c2c(F)c(F)c(F)c(F)c2F)(c2c(F)c(F)c(F)c(F)c2F)c2c(F)c(F)c(F)c(F)c2F)c(F)c1F.[N-]=[N+]=NCc1cncc[n+]1Cc1ccccc1. The van der Waals surface area contributed by atoms with Gasteiger partial charge in [-0.15, -0.1) is 21.9 Å². The third-order valence-corrected chi connectivity index (χ3v) is 9.12. The number of nitrogens with zero attached hydrogens (tertiary/aromatic N) is 5. The number of azide groups is 1. The van der Waals surface area contributed by atoms with Gasteiger partial charge < -0.3 is 0 Å². The predicted octanol–water partition coefficient (Wildman–Crippen LogP) is 8.07. The molecule has 324 valence electrons. The third kappa shape index (κ3) is 7.36. The Balaban J connectivity index is 0.000000355. The molecular formula is C36H12BF20N5. The zero-order valence-electron chi connectivity index (χ0n) is 29.4. The topological polar surface area (TPSA) is 65.5 Å². The lowest BCUT2D eigenvalue weighted by molar-refractivity contribution is -0.696. The molecule has 0 fully saturated rings. The van der Waals surface area contributed by atoms with Crippen LogP contribution in [0, 0.1) is 116 Å². The number of aromatic nitrogens is 2. The molecule has 0 N–H and O–H groups in total. The van der Waals surface area contributed by atoms with Gasteiger partial charge in [0.2, 0.25) is 5.69 Å². The van der Waals surface area contributed by atoms with Crippen LogP contribution >= 0.6 is 0 Å². The minimum atomic E-state index is -7.22. The summed E-state index contributed by atoms with van der Waals surface area (Å²) in [6.07, 6.45) is -1.89. The van der Waals surface area contributed by atoms with Gasteiger partial charge in [-0.25, -0.2) is 87.8 Å². The highest BCUT2D eigenvalue weighted by Crippen LogP contribution is 2.30. The van der Waals surface area contributed by atoms with E-state index in [1.807, 2.05) is 29.0 Å². The maximum absolute atomic E-state index is 15.4.